The van der Waals surface area contributed by atoms with Gasteiger partial charge in [-0.1, -0.05) is 30.3 Å². The molecule has 2 heterocycles. The summed E-state index contributed by atoms with van der Waals surface area (Å²) in [6, 6.07) is 16.3. The van der Waals surface area contributed by atoms with Gasteiger partial charge in [0.05, 0.1) is 23.9 Å². The van der Waals surface area contributed by atoms with Crippen molar-refractivity contribution in [1.29, 1.82) is 0 Å². The van der Waals surface area contributed by atoms with Crippen molar-refractivity contribution in [2.45, 2.75) is 31.7 Å². The van der Waals surface area contributed by atoms with Gasteiger partial charge in [0.2, 0.25) is 0 Å². The number of hydrogen-bond acceptors (Lipinski definition) is 4. The van der Waals surface area contributed by atoms with Gasteiger partial charge in [0.1, 0.15) is 5.75 Å². The molecule has 0 atom stereocenters. The number of nitrogens with zero attached hydrogens (tertiary/aromatic N) is 1. The Morgan fingerprint density at radius 1 is 1.10 bits per heavy atom. The zero-order valence-electron chi connectivity index (χ0n) is 17.7. The number of allylic oxidation sites excluding steroid dienone is 1. The van der Waals surface area contributed by atoms with E-state index in [9.17, 15) is 4.79 Å². The Morgan fingerprint density at radius 3 is 2.65 bits per heavy atom. The first kappa shape index (κ1) is 20.1. The van der Waals surface area contributed by atoms with Crippen molar-refractivity contribution in [3.8, 4) is 5.75 Å². The second-order valence-corrected chi connectivity index (χ2v) is 9.36. The molecule has 0 unspecified atom stereocenters. The van der Waals surface area contributed by atoms with E-state index in [2.05, 4.69) is 23.5 Å². The molecule has 31 heavy (non-hydrogen) atoms. The molecule has 0 bridgehead atoms. The Hall–Kier alpha value is -2.79. The number of thioether (sulfide) groups is 1. The number of fused-ring (bicyclic) bond motifs is 2. The van der Waals surface area contributed by atoms with Crippen molar-refractivity contribution >= 4 is 40.2 Å². The van der Waals surface area contributed by atoms with Crippen LogP contribution in [0.15, 0.2) is 48.5 Å². The minimum absolute atomic E-state index is 0.0532. The zero-order chi connectivity index (χ0) is 21.2. The fourth-order valence-corrected chi connectivity index (χ4v) is 5.65. The smallest absolute Gasteiger partial charge is 0.252 e. The van der Waals surface area contributed by atoms with Gasteiger partial charge in [0, 0.05) is 11.4 Å². The summed E-state index contributed by atoms with van der Waals surface area (Å²) in [6.45, 7) is 0. The van der Waals surface area contributed by atoms with Gasteiger partial charge in [-0.05, 0) is 78.2 Å². The summed E-state index contributed by atoms with van der Waals surface area (Å²) in [7, 11) is 1.68. The molecule has 1 aliphatic carbocycles. The summed E-state index contributed by atoms with van der Waals surface area (Å²) in [5.74, 6) is 3.14. The lowest BCUT2D eigenvalue weighted by molar-refractivity contribution is 0.0935. The molecule has 0 spiro atoms. The van der Waals surface area contributed by atoms with Crippen LogP contribution in [0.25, 0.3) is 22.6 Å². The van der Waals surface area contributed by atoms with E-state index < -0.39 is 0 Å². The molecule has 1 N–H and O–H groups in total. The molecule has 1 fully saturated rings. The number of rotatable bonds is 4. The van der Waals surface area contributed by atoms with E-state index in [1.807, 2.05) is 48.2 Å². The summed E-state index contributed by atoms with van der Waals surface area (Å²) in [6.07, 6.45) is 6.02. The molecule has 1 amide bonds. The number of hydrogen-bond donors (Lipinski definition) is 1. The molecule has 4 nitrogen and oxygen atoms in total. The van der Waals surface area contributed by atoms with E-state index in [0.717, 1.165) is 76.2 Å². The number of carbonyl (C=O) groups is 1. The average Bonchev–Trinajstić information content (AvgIpc) is 3.20. The van der Waals surface area contributed by atoms with Crippen LogP contribution in [0.2, 0.25) is 0 Å². The molecule has 2 aromatic carbocycles. The highest BCUT2D eigenvalue weighted by molar-refractivity contribution is 7.99. The maximum absolute atomic E-state index is 13.4. The van der Waals surface area contributed by atoms with Crippen molar-refractivity contribution in [2.24, 2.45) is 0 Å². The van der Waals surface area contributed by atoms with Crippen LogP contribution in [0.4, 0.5) is 0 Å². The molecule has 158 valence electrons. The van der Waals surface area contributed by atoms with Crippen molar-refractivity contribution < 1.29 is 9.53 Å². The van der Waals surface area contributed by atoms with Crippen LogP contribution in [0, 0.1) is 0 Å². The number of benzene rings is 2. The number of pyridine rings is 1. The molecular weight excluding hydrogens is 404 g/mol. The third kappa shape index (κ3) is 4.07. The SMILES string of the molecule is COc1ccc(/C=C2/CCc3c2nc2ccccc2c3C(=O)NC2CCSCC2)cc1. The topological polar surface area (TPSA) is 51.2 Å². The van der Waals surface area contributed by atoms with Crippen LogP contribution < -0.4 is 10.1 Å². The molecule has 1 aromatic heterocycles. The van der Waals surface area contributed by atoms with Gasteiger partial charge in [-0.3, -0.25) is 4.79 Å². The van der Waals surface area contributed by atoms with Crippen molar-refractivity contribution in [1.82, 2.24) is 10.3 Å². The molecule has 1 saturated heterocycles. The van der Waals surface area contributed by atoms with E-state index in [0.29, 0.717) is 0 Å². The summed E-state index contributed by atoms with van der Waals surface area (Å²) >= 11 is 1.97. The number of nitrogens with one attached hydrogen (secondary N) is 1. The Balaban J connectivity index is 1.55. The van der Waals surface area contributed by atoms with Crippen LogP contribution >= 0.6 is 11.8 Å². The Labute approximate surface area is 187 Å². The number of ether oxygens (including phenoxy) is 1. The lowest BCUT2D eigenvalue weighted by Crippen LogP contribution is -2.37. The molecule has 5 rings (SSSR count). The van der Waals surface area contributed by atoms with E-state index >= 15 is 0 Å². The van der Waals surface area contributed by atoms with Gasteiger partial charge in [-0.2, -0.15) is 11.8 Å². The summed E-state index contributed by atoms with van der Waals surface area (Å²) < 4.78 is 5.27. The Bertz CT molecular complexity index is 1150. The van der Waals surface area contributed by atoms with E-state index in [4.69, 9.17) is 9.72 Å². The summed E-state index contributed by atoms with van der Waals surface area (Å²) in [5, 5.41) is 4.27. The number of methoxy groups -OCH3 is 1. The molecule has 2 aliphatic rings. The second-order valence-electron chi connectivity index (χ2n) is 8.13. The van der Waals surface area contributed by atoms with Crippen LogP contribution in [0.3, 0.4) is 0 Å². The zero-order valence-corrected chi connectivity index (χ0v) is 18.5. The lowest BCUT2D eigenvalue weighted by atomic mass is 9.99. The number of amides is 1. The van der Waals surface area contributed by atoms with Gasteiger partial charge in [0.25, 0.3) is 5.91 Å². The molecule has 1 aliphatic heterocycles. The lowest BCUT2D eigenvalue weighted by Gasteiger charge is -2.23. The first-order chi connectivity index (χ1) is 15.2. The maximum Gasteiger partial charge on any atom is 0.252 e. The third-order valence-corrected chi connectivity index (χ3v) is 7.23. The minimum Gasteiger partial charge on any atom is -0.497 e. The second kappa shape index (κ2) is 8.75. The highest BCUT2D eigenvalue weighted by Crippen LogP contribution is 2.37. The van der Waals surface area contributed by atoms with E-state index in [1.165, 1.54) is 5.57 Å². The summed E-state index contributed by atoms with van der Waals surface area (Å²) in [4.78, 5) is 18.4. The molecule has 5 heteroatoms. The van der Waals surface area contributed by atoms with Crippen molar-refractivity contribution in [2.75, 3.05) is 18.6 Å². The monoisotopic (exact) mass is 430 g/mol. The van der Waals surface area contributed by atoms with Crippen LogP contribution in [0.5, 0.6) is 5.75 Å². The van der Waals surface area contributed by atoms with E-state index in [-0.39, 0.29) is 11.9 Å². The fourth-order valence-electron chi connectivity index (χ4n) is 4.54. The van der Waals surface area contributed by atoms with Gasteiger partial charge in [-0.25, -0.2) is 4.98 Å². The molecule has 0 saturated carbocycles. The highest BCUT2D eigenvalue weighted by atomic mass is 32.2. The minimum atomic E-state index is 0.0532. The quantitative estimate of drug-likeness (QED) is 0.606. The predicted molar refractivity (Wildman–Crippen MR) is 129 cm³/mol. The normalized spacial score (nSPS) is 17.6. The predicted octanol–water partition coefficient (Wildman–Crippen LogP) is 5.36. The van der Waals surface area contributed by atoms with Crippen LogP contribution in [-0.4, -0.2) is 35.5 Å². The van der Waals surface area contributed by atoms with Crippen LogP contribution in [0.1, 0.15) is 46.4 Å². The Kier molecular flexibility index (Phi) is 5.68. The number of para-hydroxylation sites is 1. The summed E-state index contributed by atoms with van der Waals surface area (Å²) in [5.41, 5.74) is 6.06. The van der Waals surface area contributed by atoms with Crippen molar-refractivity contribution in [3.63, 3.8) is 0 Å². The molecule has 0 radical (unpaired) electrons. The maximum atomic E-state index is 13.4. The van der Waals surface area contributed by atoms with Gasteiger partial charge >= 0.3 is 0 Å². The standard InChI is InChI=1S/C26H26N2O2S/c1-30-20-9-6-17(7-10-20)16-18-8-11-22-24(26(29)27-19-12-14-31-15-13-19)21-4-2-3-5-23(21)28-25(18)22/h2-7,9-10,16,19H,8,11-15H2,1H3,(H,27,29)/b18-16-. The number of aromatic nitrogens is 1. The first-order valence-corrected chi connectivity index (χ1v) is 12.0. The van der Waals surface area contributed by atoms with Gasteiger partial charge in [0.15, 0.2) is 0 Å². The van der Waals surface area contributed by atoms with Gasteiger partial charge in [-0.15, -0.1) is 0 Å². The highest BCUT2D eigenvalue weighted by Gasteiger charge is 2.28. The van der Waals surface area contributed by atoms with E-state index in [1.54, 1.807) is 7.11 Å². The van der Waals surface area contributed by atoms with Gasteiger partial charge < -0.3 is 10.1 Å². The number of carbonyl (C=O) groups excluding carboxylic acids is 1. The Morgan fingerprint density at radius 2 is 1.87 bits per heavy atom. The fraction of sp³-hybridized carbons (Fsp3) is 0.308. The first-order valence-electron chi connectivity index (χ1n) is 10.9. The van der Waals surface area contributed by atoms with Crippen molar-refractivity contribution in [3.05, 3.63) is 70.9 Å². The largest absolute Gasteiger partial charge is 0.497 e. The average molecular weight is 431 g/mol. The third-order valence-electron chi connectivity index (χ3n) is 6.18. The van der Waals surface area contributed by atoms with Crippen LogP contribution in [-0.2, 0) is 6.42 Å². The molecular formula is C26H26N2O2S. The molecule has 3 aromatic rings.